The van der Waals surface area contributed by atoms with E-state index in [-0.39, 0.29) is 0 Å². The zero-order valence-electron chi connectivity index (χ0n) is 6.94. The van der Waals surface area contributed by atoms with Crippen LogP contribution in [0.15, 0.2) is 22.9 Å². The second kappa shape index (κ2) is 2.54. The van der Waals surface area contributed by atoms with Crippen molar-refractivity contribution >= 4 is 21.6 Å². The summed E-state index contributed by atoms with van der Waals surface area (Å²) in [4.78, 5) is 4.24. The van der Waals surface area contributed by atoms with E-state index in [1.807, 2.05) is 16.8 Å². The summed E-state index contributed by atoms with van der Waals surface area (Å²) >= 11 is 3.36. The Bertz CT molecular complexity index is 459. The van der Waals surface area contributed by atoms with E-state index in [9.17, 15) is 0 Å². The number of hydrogen-bond donors (Lipinski definition) is 0. The number of halogens is 1. The quantitative estimate of drug-likeness (QED) is 0.763. The average molecular weight is 238 g/mol. The molecule has 0 spiro atoms. The third-order valence-corrected chi connectivity index (χ3v) is 2.74. The molecule has 1 aliphatic rings. The molecule has 2 heterocycles. The zero-order chi connectivity index (χ0) is 8.84. The molecule has 2 aromatic rings. The molecule has 0 saturated heterocycles. The molecule has 2 aromatic heterocycles. The van der Waals surface area contributed by atoms with Gasteiger partial charge in [-0.2, -0.15) is 5.10 Å². The first kappa shape index (κ1) is 7.50. The molecule has 0 atom stereocenters. The van der Waals surface area contributed by atoms with Crippen LogP contribution in [0.5, 0.6) is 0 Å². The van der Waals surface area contributed by atoms with Gasteiger partial charge in [0.05, 0.1) is 0 Å². The fourth-order valence-electron chi connectivity index (χ4n) is 1.57. The molecule has 1 fully saturated rings. The fourth-order valence-corrected chi connectivity index (χ4v) is 1.94. The van der Waals surface area contributed by atoms with Gasteiger partial charge in [-0.15, -0.1) is 0 Å². The molecule has 0 unspecified atom stereocenters. The highest BCUT2D eigenvalue weighted by Crippen LogP contribution is 2.39. The minimum absolute atomic E-state index is 0.706. The van der Waals surface area contributed by atoms with Crippen LogP contribution in [0.3, 0.4) is 0 Å². The number of aromatic nitrogens is 3. The fraction of sp³-hybridized carbons (Fsp3) is 0.333. The first-order valence-corrected chi connectivity index (χ1v) is 5.14. The highest BCUT2D eigenvalue weighted by atomic mass is 79.9. The van der Waals surface area contributed by atoms with Crippen LogP contribution in [0, 0.1) is 0 Å². The summed E-state index contributed by atoms with van der Waals surface area (Å²) in [7, 11) is 0. The largest absolute Gasteiger partial charge is 0.237 e. The Balaban J connectivity index is 2.31. The predicted molar refractivity (Wildman–Crippen MR) is 52.7 cm³/mol. The summed E-state index contributed by atoms with van der Waals surface area (Å²) in [6.45, 7) is 0. The third kappa shape index (κ3) is 1.16. The molecule has 66 valence electrons. The summed E-state index contributed by atoms with van der Waals surface area (Å²) < 4.78 is 2.79. The topological polar surface area (TPSA) is 30.2 Å². The lowest BCUT2D eigenvalue weighted by Gasteiger charge is -2.00. The van der Waals surface area contributed by atoms with Crippen molar-refractivity contribution < 1.29 is 0 Å². The normalized spacial score (nSPS) is 16.7. The predicted octanol–water partition coefficient (Wildman–Crippen LogP) is 2.37. The lowest BCUT2D eigenvalue weighted by atomic mass is 10.3. The number of nitrogens with zero attached hydrogens (tertiary/aromatic N) is 3. The van der Waals surface area contributed by atoms with E-state index in [1.54, 1.807) is 0 Å². The van der Waals surface area contributed by atoms with Crippen molar-refractivity contribution in [3.63, 3.8) is 0 Å². The Labute approximate surface area is 83.9 Å². The van der Waals surface area contributed by atoms with E-state index in [2.05, 4.69) is 32.1 Å². The SMILES string of the molecule is Brc1cc2nccc(C3CC3)n2n1. The number of hydrogen-bond acceptors (Lipinski definition) is 2. The molecule has 0 amide bonds. The van der Waals surface area contributed by atoms with Gasteiger partial charge < -0.3 is 0 Å². The maximum Gasteiger partial charge on any atom is 0.156 e. The van der Waals surface area contributed by atoms with Crippen molar-refractivity contribution in [2.24, 2.45) is 0 Å². The van der Waals surface area contributed by atoms with Crippen LogP contribution >= 0.6 is 15.9 Å². The zero-order valence-corrected chi connectivity index (χ0v) is 8.53. The minimum atomic E-state index is 0.706. The molecular weight excluding hydrogens is 230 g/mol. The lowest BCUT2D eigenvalue weighted by Crippen LogP contribution is -1.97. The van der Waals surface area contributed by atoms with Crippen LogP contribution in [-0.2, 0) is 0 Å². The lowest BCUT2D eigenvalue weighted by molar-refractivity contribution is 0.835. The van der Waals surface area contributed by atoms with Crippen molar-refractivity contribution in [2.45, 2.75) is 18.8 Å². The van der Waals surface area contributed by atoms with Gasteiger partial charge in [0, 0.05) is 23.9 Å². The van der Waals surface area contributed by atoms with Gasteiger partial charge in [-0.1, -0.05) is 0 Å². The summed E-state index contributed by atoms with van der Waals surface area (Å²) in [6, 6.07) is 4.00. The molecule has 3 rings (SSSR count). The number of rotatable bonds is 1. The maximum atomic E-state index is 4.35. The van der Waals surface area contributed by atoms with Gasteiger partial charge in [0.1, 0.15) is 4.60 Å². The van der Waals surface area contributed by atoms with Crippen molar-refractivity contribution in [1.29, 1.82) is 0 Å². The van der Waals surface area contributed by atoms with E-state index in [0.717, 1.165) is 10.3 Å². The Kier molecular flexibility index (Phi) is 1.47. The first-order chi connectivity index (χ1) is 6.34. The molecule has 3 nitrogen and oxygen atoms in total. The highest BCUT2D eigenvalue weighted by molar-refractivity contribution is 9.10. The summed E-state index contributed by atoms with van der Waals surface area (Å²) in [5.41, 5.74) is 2.21. The monoisotopic (exact) mass is 237 g/mol. The molecule has 0 aromatic carbocycles. The molecule has 13 heavy (non-hydrogen) atoms. The van der Waals surface area contributed by atoms with Crippen molar-refractivity contribution in [2.75, 3.05) is 0 Å². The first-order valence-electron chi connectivity index (χ1n) is 4.35. The van der Waals surface area contributed by atoms with E-state index in [0.29, 0.717) is 5.92 Å². The molecule has 1 saturated carbocycles. The second-order valence-electron chi connectivity index (χ2n) is 3.38. The number of fused-ring (bicyclic) bond motifs is 1. The van der Waals surface area contributed by atoms with Crippen molar-refractivity contribution in [3.05, 3.63) is 28.6 Å². The van der Waals surface area contributed by atoms with Crippen LogP contribution < -0.4 is 0 Å². The Morgan fingerprint density at radius 3 is 3.08 bits per heavy atom. The molecule has 0 bridgehead atoms. The molecule has 0 radical (unpaired) electrons. The van der Waals surface area contributed by atoms with Crippen molar-refractivity contribution in [3.8, 4) is 0 Å². The molecule has 4 heteroatoms. The van der Waals surface area contributed by atoms with Gasteiger partial charge in [0.15, 0.2) is 5.65 Å². The van der Waals surface area contributed by atoms with Crippen LogP contribution in [0.1, 0.15) is 24.5 Å². The smallest absolute Gasteiger partial charge is 0.156 e. The van der Waals surface area contributed by atoms with E-state index >= 15 is 0 Å². The van der Waals surface area contributed by atoms with Gasteiger partial charge >= 0.3 is 0 Å². The second-order valence-corrected chi connectivity index (χ2v) is 4.19. The van der Waals surface area contributed by atoms with Crippen molar-refractivity contribution in [1.82, 2.24) is 14.6 Å². The van der Waals surface area contributed by atoms with E-state index < -0.39 is 0 Å². The van der Waals surface area contributed by atoms with Crippen LogP contribution in [0.2, 0.25) is 0 Å². The summed E-state index contributed by atoms with van der Waals surface area (Å²) in [6.07, 6.45) is 4.43. The Morgan fingerprint density at radius 1 is 1.46 bits per heavy atom. The van der Waals surface area contributed by atoms with Crippen LogP contribution in [-0.4, -0.2) is 14.6 Å². The Morgan fingerprint density at radius 2 is 2.31 bits per heavy atom. The standard InChI is InChI=1S/C9H8BrN3/c10-8-5-9-11-4-3-7(6-1-2-6)13(9)12-8/h3-6H,1-2H2. The van der Waals surface area contributed by atoms with E-state index in [1.165, 1.54) is 18.5 Å². The summed E-state index contributed by atoms with van der Waals surface area (Å²) in [5, 5.41) is 4.35. The molecular formula is C9H8BrN3. The van der Waals surface area contributed by atoms with Gasteiger partial charge in [-0.25, -0.2) is 9.50 Å². The molecule has 0 aliphatic heterocycles. The highest BCUT2D eigenvalue weighted by Gasteiger charge is 2.26. The average Bonchev–Trinajstić information content (AvgIpc) is 2.86. The van der Waals surface area contributed by atoms with Crippen LogP contribution in [0.25, 0.3) is 5.65 Å². The molecule has 1 aliphatic carbocycles. The Hall–Kier alpha value is -0.900. The molecule has 0 N–H and O–H groups in total. The third-order valence-electron chi connectivity index (χ3n) is 2.35. The van der Waals surface area contributed by atoms with Gasteiger partial charge in [0.2, 0.25) is 0 Å². The minimum Gasteiger partial charge on any atom is -0.237 e. The van der Waals surface area contributed by atoms with Gasteiger partial charge in [-0.3, -0.25) is 0 Å². The van der Waals surface area contributed by atoms with Crippen LogP contribution in [0.4, 0.5) is 0 Å². The van der Waals surface area contributed by atoms with E-state index in [4.69, 9.17) is 0 Å². The van der Waals surface area contributed by atoms with Gasteiger partial charge in [0.25, 0.3) is 0 Å². The van der Waals surface area contributed by atoms with Gasteiger partial charge in [-0.05, 0) is 34.8 Å². The maximum absolute atomic E-state index is 4.35. The summed E-state index contributed by atoms with van der Waals surface area (Å²) in [5.74, 6) is 0.706.